The topological polar surface area (TPSA) is 26.0 Å². The van der Waals surface area contributed by atoms with Crippen LogP contribution in [-0.4, -0.2) is 4.98 Å². The first kappa shape index (κ1) is 12.7. The van der Waals surface area contributed by atoms with Gasteiger partial charge in [0.05, 0.1) is 5.69 Å². The molecule has 2 heteroatoms. The molecule has 20 heavy (non-hydrogen) atoms. The minimum atomic E-state index is 0.896. The fourth-order valence-corrected chi connectivity index (χ4v) is 2.47. The maximum atomic E-state index is 5.92. The van der Waals surface area contributed by atoms with Crippen LogP contribution in [0.5, 0.6) is 0 Å². The summed E-state index contributed by atoms with van der Waals surface area (Å²) in [6.45, 7) is 4.14. The van der Waals surface area contributed by atoms with E-state index in [4.69, 9.17) is 4.42 Å². The summed E-state index contributed by atoms with van der Waals surface area (Å²) in [5, 5.41) is 1.16. The number of furan rings is 1. The van der Waals surface area contributed by atoms with Crippen molar-refractivity contribution in [2.45, 2.75) is 20.3 Å². The number of fused-ring (bicyclic) bond motifs is 1. The molecule has 2 nitrogen and oxygen atoms in total. The first-order valence-corrected chi connectivity index (χ1v) is 6.93. The van der Waals surface area contributed by atoms with Gasteiger partial charge in [-0.2, -0.15) is 0 Å². The van der Waals surface area contributed by atoms with Crippen molar-refractivity contribution in [2.75, 3.05) is 0 Å². The number of aromatic nitrogens is 1. The van der Waals surface area contributed by atoms with Gasteiger partial charge in [0.15, 0.2) is 0 Å². The number of rotatable bonds is 3. The largest absolute Gasteiger partial charge is 0.460 e. The monoisotopic (exact) mass is 263 g/mol. The van der Waals surface area contributed by atoms with Gasteiger partial charge in [0.1, 0.15) is 11.3 Å². The molecule has 0 fully saturated rings. The van der Waals surface area contributed by atoms with E-state index < -0.39 is 0 Å². The van der Waals surface area contributed by atoms with Gasteiger partial charge < -0.3 is 4.42 Å². The number of allylic oxidation sites excluding steroid dienone is 1. The predicted octanol–water partition coefficient (Wildman–Crippen LogP) is 5.09. The molecule has 0 aliphatic carbocycles. The van der Waals surface area contributed by atoms with Crippen LogP contribution >= 0.6 is 0 Å². The smallest absolute Gasteiger partial charge is 0.134 e. The first-order chi connectivity index (χ1) is 9.83. The fourth-order valence-electron chi connectivity index (χ4n) is 2.47. The number of benzene rings is 1. The summed E-state index contributed by atoms with van der Waals surface area (Å²) in [5.74, 6) is 1.04. The van der Waals surface area contributed by atoms with Crippen molar-refractivity contribution < 1.29 is 4.42 Å². The van der Waals surface area contributed by atoms with Crippen LogP contribution in [0.25, 0.3) is 28.3 Å². The van der Waals surface area contributed by atoms with E-state index in [0.717, 1.165) is 34.4 Å². The van der Waals surface area contributed by atoms with Gasteiger partial charge in [-0.25, -0.2) is 0 Å². The molecule has 1 aromatic carbocycles. The Bertz CT molecular complexity index is 754. The Kier molecular flexibility index (Phi) is 3.38. The van der Waals surface area contributed by atoms with Crippen molar-refractivity contribution in [3.05, 3.63) is 60.0 Å². The molecule has 3 aromatic rings. The summed E-state index contributed by atoms with van der Waals surface area (Å²) >= 11 is 0. The summed E-state index contributed by atoms with van der Waals surface area (Å²) < 4.78 is 5.92. The molecule has 100 valence electrons. The van der Waals surface area contributed by atoms with Gasteiger partial charge in [-0.1, -0.05) is 25.1 Å². The maximum absolute atomic E-state index is 5.92. The Morgan fingerprint density at radius 1 is 1.20 bits per heavy atom. The van der Waals surface area contributed by atoms with Crippen molar-refractivity contribution in [3.8, 4) is 11.3 Å². The Morgan fingerprint density at radius 3 is 2.80 bits per heavy atom. The second kappa shape index (κ2) is 5.33. The van der Waals surface area contributed by atoms with Gasteiger partial charge in [-0.05, 0) is 37.3 Å². The van der Waals surface area contributed by atoms with Gasteiger partial charge in [-0.3, -0.25) is 4.98 Å². The van der Waals surface area contributed by atoms with Crippen LogP contribution in [-0.2, 0) is 6.42 Å². The Labute approximate surface area is 118 Å². The maximum Gasteiger partial charge on any atom is 0.134 e. The van der Waals surface area contributed by atoms with Crippen LogP contribution in [0.1, 0.15) is 25.2 Å². The third-order valence-electron chi connectivity index (χ3n) is 3.42. The lowest BCUT2D eigenvalue weighted by Crippen LogP contribution is -1.82. The molecule has 0 amide bonds. The molecule has 3 rings (SSSR count). The SMILES string of the molecule is C/C=C\c1c(CC)oc2ccc(-c3ccccn3)cc12. The molecule has 0 bridgehead atoms. The first-order valence-electron chi connectivity index (χ1n) is 6.93. The molecule has 0 aliphatic heterocycles. The quantitative estimate of drug-likeness (QED) is 0.657. The number of hydrogen-bond acceptors (Lipinski definition) is 2. The predicted molar refractivity (Wildman–Crippen MR) is 83.5 cm³/mol. The Morgan fingerprint density at radius 2 is 2.10 bits per heavy atom. The van der Waals surface area contributed by atoms with Crippen molar-refractivity contribution in [1.82, 2.24) is 4.98 Å². The Hall–Kier alpha value is -2.35. The number of aryl methyl sites for hydroxylation is 1. The van der Waals surface area contributed by atoms with E-state index in [-0.39, 0.29) is 0 Å². The van der Waals surface area contributed by atoms with Gasteiger partial charge >= 0.3 is 0 Å². The molecule has 0 N–H and O–H groups in total. The van der Waals surface area contributed by atoms with Gasteiger partial charge in [0, 0.05) is 29.1 Å². The van der Waals surface area contributed by atoms with E-state index in [9.17, 15) is 0 Å². The average molecular weight is 263 g/mol. The molecule has 2 aromatic heterocycles. The number of hydrogen-bond donors (Lipinski definition) is 0. The average Bonchev–Trinajstić information content (AvgIpc) is 2.86. The van der Waals surface area contributed by atoms with E-state index in [1.165, 1.54) is 5.56 Å². The second-order valence-corrected chi connectivity index (χ2v) is 4.72. The van der Waals surface area contributed by atoms with E-state index >= 15 is 0 Å². The van der Waals surface area contributed by atoms with Crippen LogP contribution in [0.2, 0.25) is 0 Å². The molecule has 0 aliphatic rings. The molecular weight excluding hydrogens is 246 g/mol. The molecule has 0 saturated carbocycles. The molecule has 2 heterocycles. The van der Waals surface area contributed by atoms with Crippen molar-refractivity contribution in [1.29, 1.82) is 0 Å². The fraction of sp³-hybridized carbons (Fsp3) is 0.167. The highest BCUT2D eigenvalue weighted by molar-refractivity contribution is 5.91. The normalized spacial score (nSPS) is 11.5. The van der Waals surface area contributed by atoms with Crippen molar-refractivity contribution >= 4 is 17.0 Å². The molecule has 0 radical (unpaired) electrons. The van der Waals surface area contributed by atoms with Crippen molar-refractivity contribution in [3.63, 3.8) is 0 Å². The van der Waals surface area contributed by atoms with Gasteiger partial charge in [0.2, 0.25) is 0 Å². The standard InChI is InChI=1S/C18H17NO/c1-3-7-14-15-12-13(16-8-5-6-11-19-16)9-10-18(15)20-17(14)4-2/h3,5-12H,4H2,1-2H3/b7-3-. The summed E-state index contributed by atoms with van der Waals surface area (Å²) in [5.41, 5.74) is 4.23. The zero-order valence-corrected chi connectivity index (χ0v) is 11.8. The summed E-state index contributed by atoms with van der Waals surface area (Å²) in [7, 11) is 0. The highest BCUT2D eigenvalue weighted by Gasteiger charge is 2.11. The van der Waals surface area contributed by atoms with E-state index in [2.05, 4.69) is 36.2 Å². The lowest BCUT2D eigenvalue weighted by atomic mass is 10.0. The van der Waals surface area contributed by atoms with Gasteiger partial charge in [0.25, 0.3) is 0 Å². The molecular formula is C18H17NO. The van der Waals surface area contributed by atoms with E-state index in [1.54, 1.807) is 0 Å². The van der Waals surface area contributed by atoms with Crippen LogP contribution in [0, 0.1) is 0 Å². The van der Waals surface area contributed by atoms with E-state index in [1.807, 2.05) is 37.4 Å². The summed E-state index contributed by atoms with van der Waals surface area (Å²) in [6.07, 6.45) is 6.89. The summed E-state index contributed by atoms with van der Waals surface area (Å²) in [4.78, 5) is 4.41. The molecule has 0 atom stereocenters. The van der Waals surface area contributed by atoms with Crippen LogP contribution < -0.4 is 0 Å². The third kappa shape index (κ3) is 2.14. The van der Waals surface area contributed by atoms with Gasteiger partial charge in [-0.15, -0.1) is 0 Å². The lowest BCUT2D eigenvalue weighted by Gasteiger charge is -2.00. The highest BCUT2D eigenvalue weighted by Crippen LogP contribution is 2.31. The zero-order valence-electron chi connectivity index (χ0n) is 11.8. The van der Waals surface area contributed by atoms with Crippen LogP contribution in [0.3, 0.4) is 0 Å². The second-order valence-electron chi connectivity index (χ2n) is 4.72. The Balaban J connectivity index is 2.22. The third-order valence-corrected chi connectivity index (χ3v) is 3.42. The van der Waals surface area contributed by atoms with E-state index in [0.29, 0.717) is 0 Å². The molecule has 0 spiro atoms. The highest BCUT2D eigenvalue weighted by atomic mass is 16.3. The zero-order chi connectivity index (χ0) is 13.9. The minimum absolute atomic E-state index is 0.896. The lowest BCUT2D eigenvalue weighted by molar-refractivity contribution is 0.556. The molecule has 0 saturated heterocycles. The number of nitrogens with zero attached hydrogens (tertiary/aromatic N) is 1. The molecule has 0 unspecified atom stereocenters. The summed E-state index contributed by atoms with van der Waals surface area (Å²) in [6, 6.07) is 12.2. The van der Waals surface area contributed by atoms with Crippen LogP contribution in [0.4, 0.5) is 0 Å². The van der Waals surface area contributed by atoms with Crippen molar-refractivity contribution in [2.24, 2.45) is 0 Å². The minimum Gasteiger partial charge on any atom is -0.460 e. The van der Waals surface area contributed by atoms with Crippen LogP contribution in [0.15, 0.2) is 53.1 Å². The number of pyridine rings is 1.